The molecule has 0 spiro atoms. The van der Waals surface area contributed by atoms with Crippen LogP contribution in [0.5, 0.6) is 11.5 Å². The van der Waals surface area contributed by atoms with Crippen LogP contribution in [0.25, 0.3) is 0 Å². The molecule has 2 aromatic rings. The maximum atomic E-state index is 13.2. The summed E-state index contributed by atoms with van der Waals surface area (Å²) in [4.78, 5) is 21.3. The Morgan fingerprint density at radius 3 is 2.62 bits per heavy atom. The minimum atomic E-state index is -1.28. The van der Waals surface area contributed by atoms with E-state index < -0.39 is 22.4 Å². The molecule has 1 N–H and O–H groups in total. The SMILES string of the molecule is O=C(O)c1c(Br)cccc1Oc1cc(F)ccc1[N+](=O)[O-]. The molecule has 0 fully saturated rings. The lowest BCUT2D eigenvalue weighted by Crippen LogP contribution is -2.02. The van der Waals surface area contributed by atoms with Gasteiger partial charge in [-0.05, 0) is 34.1 Å². The fourth-order valence-corrected chi connectivity index (χ4v) is 2.15. The minimum absolute atomic E-state index is 0.134. The molecule has 2 aromatic carbocycles. The number of carboxylic acid groups (broad SMARTS) is 1. The van der Waals surface area contributed by atoms with Gasteiger partial charge >= 0.3 is 11.7 Å². The van der Waals surface area contributed by atoms with E-state index in [-0.39, 0.29) is 21.5 Å². The quantitative estimate of drug-likeness (QED) is 0.661. The van der Waals surface area contributed by atoms with Gasteiger partial charge in [-0.2, -0.15) is 0 Å². The summed E-state index contributed by atoms with van der Waals surface area (Å²) in [5, 5.41) is 20.0. The van der Waals surface area contributed by atoms with Gasteiger partial charge in [0.2, 0.25) is 5.75 Å². The topological polar surface area (TPSA) is 89.7 Å². The van der Waals surface area contributed by atoms with E-state index in [2.05, 4.69) is 15.9 Å². The van der Waals surface area contributed by atoms with Gasteiger partial charge in [-0.15, -0.1) is 0 Å². The number of benzene rings is 2. The van der Waals surface area contributed by atoms with Crippen molar-refractivity contribution in [1.82, 2.24) is 0 Å². The van der Waals surface area contributed by atoms with Crippen LogP contribution in [0, 0.1) is 15.9 Å². The van der Waals surface area contributed by atoms with Crippen molar-refractivity contribution in [2.75, 3.05) is 0 Å². The number of ether oxygens (including phenoxy) is 1. The molecule has 0 atom stereocenters. The highest BCUT2D eigenvalue weighted by atomic mass is 79.9. The predicted octanol–water partition coefficient (Wildman–Crippen LogP) is 3.99. The fraction of sp³-hybridized carbons (Fsp3) is 0. The molecule has 0 aromatic heterocycles. The standard InChI is InChI=1S/C13H7BrFNO5/c14-8-2-1-3-10(12(8)13(17)18)21-11-6-7(15)4-5-9(11)16(19)20/h1-6H,(H,17,18). The molecule has 0 saturated carbocycles. The largest absolute Gasteiger partial charge is 0.478 e. The van der Waals surface area contributed by atoms with Crippen LogP contribution in [0.15, 0.2) is 40.9 Å². The highest BCUT2D eigenvalue weighted by Gasteiger charge is 2.21. The van der Waals surface area contributed by atoms with Crippen molar-refractivity contribution in [1.29, 1.82) is 0 Å². The second-order valence-electron chi connectivity index (χ2n) is 3.89. The van der Waals surface area contributed by atoms with Gasteiger partial charge in [-0.25, -0.2) is 9.18 Å². The normalized spacial score (nSPS) is 10.2. The molecule has 0 aliphatic rings. The summed E-state index contributed by atoms with van der Waals surface area (Å²) < 4.78 is 18.7. The van der Waals surface area contributed by atoms with Gasteiger partial charge in [0.1, 0.15) is 17.1 Å². The summed E-state index contributed by atoms with van der Waals surface area (Å²) >= 11 is 3.05. The van der Waals surface area contributed by atoms with E-state index in [1.54, 1.807) is 0 Å². The second kappa shape index (κ2) is 5.88. The molecule has 6 nitrogen and oxygen atoms in total. The molecule has 0 saturated heterocycles. The number of carboxylic acids is 1. The maximum absolute atomic E-state index is 13.2. The minimum Gasteiger partial charge on any atom is -0.478 e. The average molecular weight is 356 g/mol. The molecule has 21 heavy (non-hydrogen) atoms. The first-order valence-corrected chi connectivity index (χ1v) is 6.33. The first kappa shape index (κ1) is 14.9. The number of hydrogen-bond acceptors (Lipinski definition) is 4. The van der Waals surface area contributed by atoms with Crippen molar-refractivity contribution in [3.05, 3.63) is 62.4 Å². The van der Waals surface area contributed by atoms with E-state index in [0.29, 0.717) is 0 Å². The third kappa shape index (κ3) is 3.16. The molecular weight excluding hydrogens is 349 g/mol. The third-order valence-electron chi connectivity index (χ3n) is 2.53. The lowest BCUT2D eigenvalue weighted by atomic mass is 10.2. The first-order valence-electron chi connectivity index (χ1n) is 5.53. The van der Waals surface area contributed by atoms with E-state index in [1.165, 1.54) is 18.2 Å². The van der Waals surface area contributed by atoms with E-state index in [9.17, 15) is 19.3 Å². The van der Waals surface area contributed by atoms with E-state index >= 15 is 0 Å². The molecule has 8 heteroatoms. The highest BCUT2D eigenvalue weighted by molar-refractivity contribution is 9.10. The first-order chi connectivity index (χ1) is 9.90. The number of aromatic carboxylic acids is 1. The number of hydrogen-bond donors (Lipinski definition) is 1. The predicted molar refractivity (Wildman–Crippen MR) is 74.2 cm³/mol. The molecule has 0 amide bonds. The molecule has 0 heterocycles. The van der Waals surface area contributed by atoms with Crippen molar-refractivity contribution >= 4 is 27.6 Å². The van der Waals surface area contributed by atoms with E-state index in [0.717, 1.165) is 18.2 Å². The van der Waals surface area contributed by atoms with Gasteiger partial charge in [-0.3, -0.25) is 10.1 Å². The van der Waals surface area contributed by atoms with Crippen molar-refractivity contribution in [2.24, 2.45) is 0 Å². The van der Waals surface area contributed by atoms with Crippen LogP contribution in [0.3, 0.4) is 0 Å². The Hall–Kier alpha value is -2.48. The molecule has 108 valence electrons. The zero-order chi connectivity index (χ0) is 15.6. The summed E-state index contributed by atoms with van der Waals surface area (Å²) in [7, 11) is 0. The van der Waals surface area contributed by atoms with Crippen LogP contribution in [-0.4, -0.2) is 16.0 Å². The molecule has 0 bridgehead atoms. The number of halogens is 2. The van der Waals surface area contributed by atoms with Gasteiger partial charge in [-0.1, -0.05) is 6.07 Å². The average Bonchev–Trinajstić information content (AvgIpc) is 2.37. The zero-order valence-electron chi connectivity index (χ0n) is 10.2. The van der Waals surface area contributed by atoms with Crippen molar-refractivity contribution < 1.29 is 24.0 Å². The lowest BCUT2D eigenvalue weighted by Gasteiger charge is -2.10. The molecule has 2 rings (SSSR count). The molecule has 0 unspecified atom stereocenters. The fourth-order valence-electron chi connectivity index (χ4n) is 1.64. The smallest absolute Gasteiger partial charge is 0.340 e. The van der Waals surface area contributed by atoms with Gasteiger partial charge in [0.25, 0.3) is 0 Å². The van der Waals surface area contributed by atoms with Crippen molar-refractivity contribution in [3.8, 4) is 11.5 Å². The Labute approximate surface area is 126 Å². The van der Waals surface area contributed by atoms with Crippen LogP contribution in [-0.2, 0) is 0 Å². The number of nitro groups is 1. The highest BCUT2D eigenvalue weighted by Crippen LogP contribution is 2.35. The summed E-state index contributed by atoms with van der Waals surface area (Å²) in [5.74, 6) is -2.52. The van der Waals surface area contributed by atoms with Crippen molar-refractivity contribution in [3.63, 3.8) is 0 Å². The van der Waals surface area contributed by atoms with Crippen LogP contribution in [0.2, 0.25) is 0 Å². The Kier molecular flexibility index (Phi) is 4.18. The second-order valence-corrected chi connectivity index (χ2v) is 4.74. The van der Waals surface area contributed by atoms with E-state index in [4.69, 9.17) is 9.84 Å². The van der Waals surface area contributed by atoms with Crippen LogP contribution < -0.4 is 4.74 Å². The van der Waals surface area contributed by atoms with Gasteiger partial charge in [0.15, 0.2) is 0 Å². The summed E-state index contributed by atoms with van der Waals surface area (Å²) in [6.45, 7) is 0. The Morgan fingerprint density at radius 1 is 1.29 bits per heavy atom. The maximum Gasteiger partial charge on any atom is 0.340 e. The Balaban J connectivity index is 2.53. The number of nitrogens with zero attached hydrogens (tertiary/aromatic N) is 1. The molecule has 0 radical (unpaired) electrons. The Bertz CT molecular complexity index is 734. The molecule has 0 aliphatic heterocycles. The molecule has 0 aliphatic carbocycles. The van der Waals surface area contributed by atoms with Crippen molar-refractivity contribution in [2.45, 2.75) is 0 Å². The zero-order valence-corrected chi connectivity index (χ0v) is 11.8. The van der Waals surface area contributed by atoms with Crippen LogP contribution in [0.4, 0.5) is 10.1 Å². The van der Waals surface area contributed by atoms with Gasteiger partial charge in [0, 0.05) is 16.6 Å². The van der Waals surface area contributed by atoms with Crippen LogP contribution in [0.1, 0.15) is 10.4 Å². The van der Waals surface area contributed by atoms with Crippen LogP contribution >= 0.6 is 15.9 Å². The van der Waals surface area contributed by atoms with E-state index in [1.807, 2.05) is 0 Å². The summed E-state index contributed by atoms with van der Waals surface area (Å²) in [6, 6.07) is 6.99. The summed E-state index contributed by atoms with van der Waals surface area (Å²) in [6.07, 6.45) is 0. The number of rotatable bonds is 4. The summed E-state index contributed by atoms with van der Waals surface area (Å²) in [5.41, 5.74) is -0.677. The number of nitro benzene ring substituents is 1. The van der Waals surface area contributed by atoms with Gasteiger partial charge < -0.3 is 9.84 Å². The Morgan fingerprint density at radius 2 is 2.00 bits per heavy atom. The number of carbonyl (C=O) groups is 1. The van der Waals surface area contributed by atoms with Gasteiger partial charge in [0.05, 0.1) is 4.92 Å². The monoisotopic (exact) mass is 355 g/mol. The molecular formula is C13H7BrFNO5. The third-order valence-corrected chi connectivity index (χ3v) is 3.19. The lowest BCUT2D eigenvalue weighted by molar-refractivity contribution is -0.385.